The predicted molar refractivity (Wildman–Crippen MR) is 76.8 cm³/mol. The fraction of sp³-hybridized carbons (Fsp3) is 0.538. The quantitative estimate of drug-likeness (QED) is 0.920. The lowest BCUT2D eigenvalue weighted by atomic mass is 9.85. The standard InChI is InChI=1S/C13H18BrNO.ClH/c1-2-16-13(7-9-15-10-8-13)11-3-5-12(14)6-4-11;/h3-6,15H,2,7-10H2,1H3;1H. The maximum Gasteiger partial charge on any atom is 0.0955 e. The van der Waals surface area contributed by atoms with Gasteiger partial charge in [0.25, 0.3) is 0 Å². The van der Waals surface area contributed by atoms with Crippen molar-refractivity contribution in [1.29, 1.82) is 0 Å². The van der Waals surface area contributed by atoms with Crippen molar-refractivity contribution in [3.8, 4) is 0 Å². The smallest absolute Gasteiger partial charge is 0.0955 e. The number of piperidine rings is 1. The van der Waals surface area contributed by atoms with Gasteiger partial charge in [0.05, 0.1) is 5.60 Å². The minimum Gasteiger partial charge on any atom is -0.370 e. The van der Waals surface area contributed by atoms with E-state index in [-0.39, 0.29) is 18.0 Å². The Morgan fingerprint density at radius 3 is 2.35 bits per heavy atom. The molecular weight excluding hydrogens is 302 g/mol. The second kappa shape index (κ2) is 6.74. The van der Waals surface area contributed by atoms with Crippen molar-refractivity contribution < 1.29 is 4.74 Å². The van der Waals surface area contributed by atoms with Crippen molar-refractivity contribution in [3.05, 3.63) is 34.3 Å². The first-order valence-corrected chi connectivity index (χ1v) is 6.67. The van der Waals surface area contributed by atoms with Crippen LogP contribution in [0.5, 0.6) is 0 Å². The summed E-state index contributed by atoms with van der Waals surface area (Å²) in [6.45, 7) is 4.92. The summed E-state index contributed by atoms with van der Waals surface area (Å²) < 4.78 is 7.16. The Morgan fingerprint density at radius 2 is 1.82 bits per heavy atom. The lowest BCUT2D eigenvalue weighted by Crippen LogP contribution is -2.41. The molecule has 1 aliphatic rings. The molecule has 0 bridgehead atoms. The molecule has 0 unspecified atom stereocenters. The van der Waals surface area contributed by atoms with Gasteiger partial charge in [-0.2, -0.15) is 0 Å². The third-order valence-electron chi connectivity index (χ3n) is 3.20. The molecule has 1 aliphatic heterocycles. The number of halogens is 2. The molecule has 1 aromatic carbocycles. The fourth-order valence-corrected chi connectivity index (χ4v) is 2.64. The molecule has 0 spiro atoms. The van der Waals surface area contributed by atoms with Crippen LogP contribution in [0.25, 0.3) is 0 Å². The minimum absolute atomic E-state index is 0. The SMILES string of the molecule is CCOC1(c2ccc(Br)cc2)CCNCC1.Cl. The largest absolute Gasteiger partial charge is 0.370 e. The van der Waals surface area contributed by atoms with E-state index in [9.17, 15) is 0 Å². The molecule has 0 aromatic heterocycles. The van der Waals surface area contributed by atoms with Crippen LogP contribution in [0, 0.1) is 0 Å². The van der Waals surface area contributed by atoms with Crippen molar-refractivity contribution in [2.24, 2.45) is 0 Å². The maximum absolute atomic E-state index is 6.04. The molecule has 17 heavy (non-hydrogen) atoms. The van der Waals surface area contributed by atoms with Crippen LogP contribution in [0.15, 0.2) is 28.7 Å². The number of ether oxygens (including phenoxy) is 1. The fourth-order valence-electron chi connectivity index (χ4n) is 2.38. The van der Waals surface area contributed by atoms with Gasteiger partial charge in [-0.1, -0.05) is 28.1 Å². The van der Waals surface area contributed by atoms with E-state index in [4.69, 9.17) is 4.74 Å². The Balaban J connectivity index is 0.00000144. The van der Waals surface area contributed by atoms with Crippen molar-refractivity contribution in [1.82, 2.24) is 5.32 Å². The summed E-state index contributed by atoms with van der Waals surface area (Å²) in [5.74, 6) is 0. The van der Waals surface area contributed by atoms with Crippen LogP contribution in [-0.2, 0) is 10.3 Å². The Labute approximate surface area is 118 Å². The Bertz CT molecular complexity index is 330. The first-order chi connectivity index (χ1) is 7.77. The predicted octanol–water partition coefficient (Wildman–Crippen LogP) is 3.49. The van der Waals surface area contributed by atoms with E-state index in [0.29, 0.717) is 0 Å². The van der Waals surface area contributed by atoms with E-state index in [1.165, 1.54) is 5.56 Å². The molecule has 96 valence electrons. The lowest BCUT2D eigenvalue weighted by Gasteiger charge is -2.38. The molecule has 2 nitrogen and oxygen atoms in total. The van der Waals surface area contributed by atoms with Gasteiger partial charge in [-0.25, -0.2) is 0 Å². The zero-order valence-electron chi connectivity index (χ0n) is 10.0. The number of rotatable bonds is 3. The summed E-state index contributed by atoms with van der Waals surface area (Å²) in [5, 5.41) is 3.39. The summed E-state index contributed by atoms with van der Waals surface area (Å²) >= 11 is 3.47. The van der Waals surface area contributed by atoms with E-state index in [1.807, 2.05) is 0 Å². The molecule has 0 amide bonds. The van der Waals surface area contributed by atoms with Crippen LogP contribution in [0.3, 0.4) is 0 Å². The number of hydrogen-bond donors (Lipinski definition) is 1. The van der Waals surface area contributed by atoms with Crippen LogP contribution < -0.4 is 5.32 Å². The minimum atomic E-state index is -0.0687. The average Bonchev–Trinajstić information content (AvgIpc) is 2.31. The molecule has 1 aromatic rings. The van der Waals surface area contributed by atoms with Crippen molar-refractivity contribution in [2.45, 2.75) is 25.4 Å². The van der Waals surface area contributed by atoms with Gasteiger partial charge in [0, 0.05) is 11.1 Å². The highest BCUT2D eigenvalue weighted by Crippen LogP contribution is 2.35. The summed E-state index contributed by atoms with van der Waals surface area (Å²) in [7, 11) is 0. The Morgan fingerprint density at radius 1 is 1.24 bits per heavy atom. The van der Waals surface area contributed by atoms with Gasteiger partial charge in [-0.05, 0) is 50.6 Å². The zero-order valence-corrected chi connectivity index (χ0v) is 12.4. The molecule has 0 atom stereocenters. The number of benzene rings is 1. The van der Waals surface area contributed by atoms with Gasteiger partial charge in [0.15, 0.2) is 0 Å². The monoisotopic (exact) mass is 319 g/mol. The molecular formula is C13H19BrClNO. The van der Waals surface area contributed by atoms with Crippen molar-refractivity contribution in [2.75, 3.05) is 19.7 Å². The molecule has 1 saturated heterocycles. The van der Waals surface area contributed by atoms with Gasteiger partial charge < -0.3 is 10.1 Å². The van der Waals surface area contributed by atoms with Crippen LogP contribution in [0.1, 0.15) is 25.3 Å². The molecule has 1 N–H and O–H groups in total. The summed E-state index contributed by atoms with van der Waals surface area (Å²) in [6.07, 6.45) is 2.12. The molecule has 0 radical (unpaired) electrons. The Hall–Kier alpha value is -0.0900. The van der Waals surface area contributed by atoms with E-state index in [1.54, 1.807) is 0 Å². The average molecular weight is 321 g/mol. The molecule has 4 heteroatoms. The molecule has 0 saturated carbocycles. The highest BCUT2D eigenvalue weighted by Gasteiger charge is 2.34. The van der Waals surface area contributed by atoms with Crippen LogP contribution in [-0.4, -0.2) is 19.7 Å². The second-order valence-electron chi connectivity index (χ2n) is 4.18. The maximum atomic E-state index is 6.04. The molecule has 1 heterocycles. The van der Waals surface area contributed by atoms with Crippen LogP contribution in [0.4, 0.5) is 0 Å². The second-order valence-corrected chi connectivity index (χ2v) is 5.10. The third-order valence-corrected chi connectivity index (χ3v) is 3.73. The number of nitrogens with one attached hydrogen (secondary N) is 1. The van der Waals surface area contributed by atoms with Crippen LogP contribution >= 0.6 is 28.3 Å². The zero-order chi connectivity index (χ0) is 11.4. The van der Waals surface area contributed by atoms with Gasteiger partial charge >= 0.3 is 0 Å². The highest BCUT2D eigenvalue weighted by molar-refractivity contribution is 9.10. The van der Waals surface area contributed by atoms with Gasteiger partial charge in [0.1, 0.15) is 0 Å². The van der Waals surface area contributed by atoms with Crippen molar-refractivity contribution in [3.63, 3.8) is 0 Å². The Kier molecular flexibility index (Phi) is 5.93. The highest BCUT2D eigenvalue weighted by atomic mass is 79.9. The number of hydrogen-bond acceptors (Lipinski definition) is 2. The van der Waals surface area contributed by atoms with Gasteiger partial charge in [-0.15, -0.1) is 12.4 Å². The normalized spacial score (nSPS) is 18.5. The molecule has 1 fully saturated rings. The summed E-state index contributed by atoms with van der Waals surface area (Å²) in [4.78, 5) is 0. The van der Waals surface area contributed by atoms with Crippen molar-refractivity contribution >= 4 is 28.3 Å². The van der Waals surface area contributed by atoms with E-state index in [0.717, 1.165) is 37.0 Å². The third kappa shape index (κ3) is 3.44. The first kappa shape index (κ1) is 15.0. The van der Waals surface area contributed by atoms with Gasteiger partial charge in [-0.3, -0.25) is 0 Å². The summed E-state index contributed by atoms with van der Waals surface area (Å²) in [5.41, 5.74) is 1.24. The van der Waals surface area contributed by atoms with E-state index in [2.05, 4.69) is 52.4 Å². The molecule has 0 aliphatic carbocycles. The molecule has 2 rings (SSSR count). The summed E-state index contributed by atoms with van der Waals surface area (Å²) in [6, 6.07) is 8.53. The van der Waals surface area contributed by atoms with E-state index < -0.39 is 0 Å². The first-order valence-electron chi connectivity index (χ1n) is 5.87. The van der Waals surface area contributed by atoms with Crippen LogP contribution in [0.2, 0.25) is 0 Å². The topological polar surface area (TPSA) is 21.3 Å². The van der Waals surface area contributed by atoms with Gasteiger partial charge in [0.2, 0.25) is 0 Å². The lowest BCUT2D eigenvalue weighted by molar-refractivity contribution is -0.0655. The van der Waals surface area contributed by atoms with E-state index >= 15 is 0 Å².